The molecule has 9 rings (SSSR count). The molecule has 18 nitrogen and oxygen atoms in total. The molecule has 6 heterocycles. The summed E-state index contributed by atoms with van der Waals surface area (Å²) < 4.78 is 22.3. The summed E-state index contributed by atoms with van der Waals surface area (Å²) in [5.41, 5.74) is 2.32. The Labute approximate surface area is 410 Å². The molecule has 0 bridgehead atoms. The van der Waals surface area contributed by atoms with Gasteiger partial charge in [-0.3, -0.25) is 34.1 Å². The van der Waals surface area contributed by atoms with Crippen molar-refractivity contribution in [3.05, 3.63) is 53.7 Å². The minimum Gasteiger partial charge on any atom is -0.462 e. The van der Waals surface area contributed by atoms with Crippen molar-refractivity contribution in [3.63, 3.8) is 0 Å². The topological polar surface area (TPSA) is 199 Å². The summed E-state index contributed by atoms with van der Waals surface area (Å²) in [7, 11) is 1.83. The maximum Gasteiger partial charge on any atom is 0.343 e. The van der Waals surface area contributed by atoms with Crippen LogP contribution in [-0.4, -0.2) is 153 Å². The van der Waals surface area contributed by atoms with E-state index in [1.165, 1.54) is 12.3 Å². The van der Waals surface area contributed by atoms with E-state index in [1.54, 1.807) is 17.8 Å². The molecule has 378 valence electrons. The lowest BCUT2D eigenvalue weighted by atomic mass is 9.80. The third-order valence-electron chi connectivity index (χ3n) is 15.9. The number of carbonyl (C=O) groups is 5. The van der Waals surface area contributed by atoms with E-state index in [0.717, 1.165) is 147 Å². The highest BCUT2D eigenvalue weighted by atomic mass is 19.1. The molecule has 2 saturated carbocycles. The Morgan fingerprint density at radius 1 is 0.786 bits per heavy atom. The summed E-state index contributed by atoms with van der Waals surface area (Å²) in [4.78, 5) is 82.2. The number of nitrogens with one attached hydrogen (secondary N) is 4. The molecule has 2 aromatic heterocycles. The number of hydrogen-bond donors (Lipinski definition) is 4. The zero-order valence-corrected chi connectivity index (χ0v) is 40.9. The molecule has 0 spiro atoms. The average Bonchev–Trinajstić information content (AvgIpc) is 3.79. The highest BCUT2D eigenvalue weighted by Crippen LogP contribution is 2.36. The number of benzene rings is 1. The van der Waals surface area contributed by atoms with E-state index in [2.05, 4.69) is 55.9 Å². The molecule has 19 heteroatoms. The number of imide groups is 1. The number of amides is 4. The van der Waals surface area contributed by atoms with E-state index >= 15 is 4.39 Å². The van der Waals surface area contributed by atoms with Gasteiger partial charge in [-0.1, -0.05) is 6.07 Å². The van der Waals surface area contributed by atoms with E-state index in [0.29, 0.717) is 41.4 Å². The van der Waals surface area contributed by atoms with E-state index in [4.69, 9.17) is 4.74 Å². The van der Waals surface area contributed by atoms with Gasteiger partial charge >= 0.3 is 5.97 Å². The van der Waals surface area contributed by atoms with Crippen molar-refractivity contribution in [2.45, 2.75) is 121 Å². The van der Waals surface area contributed by atoms with Crippen molar-refractivity contribution in [1.29, 1.82) is 0 Å². The normalized spacial score (nSPS) is 25.6. The minimum atomic E-state index is -0.545. The van der Waals surface area contributed by atoms with Gasteiger partial charge in [0.1, 0.15) is 23.2 Å². The molecule has 3 aromatic rings. The number of aromatic nitrogens is 4. The number of piperidine rings is 3. The number of anilines is 4. The third kappa shape index (κ3) is 12.1. The first-order chi connectivity index (χ1) is 34.0. The predicted octanol–water partition coefficient (Wildman–Crippen LogP) is 5.28. The SMILES string of the molecule is CCOC(=O)c1cnc(Nc2cnn(C)c2)nc1NC1CCC(N2CCN(C(=O)C3CCC(C(=O)N4CCC(CN5CCC(c6ccc(NC7CCC(=O)NC7=O)cc6F)CC5)CC4)CC3)CC2)CC1. The lowest BCUT2D eigenvalue weighted by molar-refractivity contribution is -0.143. The Balaban J connectivity index is 0.651. The standard InChI is InChI=1S/C51H71FN12O6/c1-3-70-50(69)42-30-53-51(57-39-29-54-60(2)32-39)59-46(42)56-37-8-11-40(12-9-37)62-24-26-64(27-25-62)49(68)36-6-4-35(5-7-36)48(67)63-22-16-33(17-23-63)31-61-20-18-34(19-21-61)41-13-10-38(28-43(41)52)55-44-14-15-45(65)58-47(44)66/h10,13,28-30,32-37,40,44,55H,3-9,11-12,14-27,31H2,1-2H3,(H,58,65,66)(H2,53,56,57,59). The van der Waals surface area contributed by atoms with Crippen molar-refractivity contribution in [2.75, 3.05) is 81.5 Å². The Kier molecular flexibility index (Phi) is 15.9. The van der Waals surface area contributed by atoms with Crippen LogP contribution in [0.3, 0.4) is 0 Å². The Morgan fingerprint density at radius 2 is 1.47 bits per heavy atom. The summed E-state index contributed by atoms with van der Waals surface area (Å²) in [6.45, 7) is 9.65. The lowest BCUT2D eigenvalue weighted by Gasteiger charge is -2.43. The van der Waals surface area contributed by atoms with E-state index in [9.17, 15) is 24.0 Å². The summed E-state index contributed by atoms with van der Waals surface area (Å²) in [5, 5.41) is 16.3. The molecule has 1 aromatic carbocycles. The van der Waals surface area contributed by atoms with E-state index < -0.39 is 12.0 Å². The molecule has 4 N–H and O–H groups in total. The molecule has 4 amide bonds. The van der Waals surface area contributed by atoms with Crippen LogP contribution in [0, 0.1) is 23.6 Å². The van der Waals surface area contributed by atoms with Crippen molar-refractivity contribution in [3.8, 4) is 0 Å². The number of likely N-dealkylation sites (tertiary alicyclic amines) is 2. The van der Waals surface area contributed by atoms with Crippen LogP contribution in [0.5, 0.6) is 0 Å². The van der Waals surface area contributed by atoms with E-state index in [-0.39, 0.29) is 66.3 Å². The molecule has 6 aliphatic rings. The fourth-order valence-electron chi connectivity index (χ4n) is 11.8. The van der Waals surface area contributed by atoms with Gasteiger partial charge in [0.05, 0.1) is 18.5 Å². The quantitative estimate of drug-likeness (QED) is 0.120. The van der Waals surface area contributed by atoms with Gasteiger partial charge in [-0.05, 0) is 133 Å². The maximum absolute atomic E-state index is 15.3. The predicted molar refractivity (Wildman–Crippen MR) is 262 cm³/mol. The summed E-state index contributed by atoms with van der Waals surface area (Å²) in [6.07, 6.45) is 16.4. The zero-order valence-electron chi connectivity index (χ0n) is 40.9. The summed E-state index contributed by atoms with van der Waals surface area (Å²) >= 11 is 0. The fourth-order valence-corrected chi connectivity index (χ4v) is 11.8. The van der Waals surface area contributed by atoms with Crippen molar-refractivity contribution in [1.82, 2.24) is 44.7 Å². The number of esters is 1. The first kappa shape index (κ1) is 49.3. The summed E-state index contributed by atoms with van der Waals surface area (Å²) in [6, 6.07) is 5.19. The van der Waals surface area contributed by atoms with Crippen LogP contribution in [-0.2, 0) is 31.0 Å². The smallest absolute Gasteiger partial charge is 0.343 e. The van der Waals surface area contributed by atoms with Crippen LogP contribution in [0.15, 0.2) is 36.8 Å². The molecule has 0 radical (unpaired) electrons. The monoisotopic (exact) mass is 967 g/mol. The Morgan fingerprint density at radius 3 is 2.10 bits per heavy atom. The van der Waals surface area contributed by atoms with Gasteiger partial charge in [0.2, 0.25) is 29.6 Å². The first-order valence-electron chi connectivity index (χ1n) is 26.0. The van der Waals surface area contributed by atoms with Gasteiger partial charge in [0.15, 0.2) is 0 Å². The number of carbonyl (C=O) groups excluding carboxylic acids is 5. The number of rotatable bonds is 14. The largest absolute Gasteiger partial charge is 0.462 e. The second kappa shape index (κ2) is 22.6. The lowest BCUT2D eigenvalue weighted by Crippen LogP contribution is -2.54. The van der Waals surface area contributed by atoms with Crippen LogP contribution >= 0.6 is 0 Å². The molecule has 1 atom stereocenters. The average molecular weight is 967 g/mol. The highest BCUT2D eigenvalue weighted by Gasteiger charge is 2.38. The fraction of sp³-hybridized carbons (Fsp3) is 0.647. The summed E-state index contributed by atoms with van der Waals surface area (Å²) in [5.74, 6) is 0.658. The zero-order chi connectivity index (χ0) is 48.7. The number of aryl methyl sites for hydroxylation is 1. The molecule has 4 aliphatic heterocycles. The van der Waals surface area contributed by atoms with Crippen LogP contribution < -0.4 is 21.3 Å². The molecule has 1 unspecified atom stereocenters. The van der Waals surface area contributed by atoms with Gasteiger partial charge in [0.25, 0.3) is 0 Å². The third-order valence-corrected chi connectivity index (χ3v) is 15.9. The Bertz CT molecular complexity index is 2330. The van der Waals surface area contributed by atoms with Crippen LogP contribution in [0.4, 0.5) is 27.5 Å². The van der Waals surface area contributed by atoms with E-state index in [1.807, 2.05) is 25.4 Å². The molecule has 2 aliphatic carbocycles. The van der Waals surface area contributed by atoms with Crippen molar-refractivity contribution < 1.29 is 33.1 Å². The second-order valence-corrected chi connectivity index (χ2v) is 20.5. The number of nitrogens with zero attached hydrogens (tertiary/aromatic N) is 8. The minimum absolute atomic E-state index is 0.000383. The van der Waals surface area contributed by atoms with Crippen molar-refractivity contribution >= 4 is 52.7 Å². The van der Waals surface area contributed by atoms with Gasteiger partial charge < -0.3 is 35.4 Å². The molecule has 70 heavy (non-hydrogen) atoms. The molecule has 4 saturated heterocycles. The number of piperazine rings is 1. The number of halogens is 1. The molecular weight excluding hydrogens is 896 g/mol. The maximum atomic E-state index is 15.3. The highest BCUT2D eigenvalue weighted by molar-refractivity contribution is 6.01. The molecular formula is C51H71FN12O6. The molecule has 6 fully saturated rings. The number of hydrogen-bond acceptors (Lipinski definition) is 14. The van der Waals surface area contributed by atoms with Gasteiger partial charge in [-0.15, -0.1) is 0 Å². The van der Waals surface area contributed by atoms with Crippen LogP contribution in [0.1, 0.15) is 119 Å². The van der Waals surface area contributed by atoms with Crippen LogP contribution in [0.25, 0.3) is 0 Å². The number of ether oxygens (including phenoxy) is 1. The van der Waals surface area contributed by atoms with Crippen LogP contribution in [0.2, 0.25) is 0 Å². The second-order valence-electron chi connectivity index (χ2n) is 20.5. The van der Waals surface area contributed by atoms with Gasteiger partial charge in [0, 0.05) is 101 Å². The Hall–Kier alpha value is -5.69. The van der Waals surface area contributed by atoms with Gasteiger partial charge in [-0.2, -0.15) is 10.1 Å². The first-order valence-corrected chi connectivity index (χ1v) is 26.0. The van der Waals surface area contributed by atoms with Crippen molar-refractivity contribution in [2.24, 2.45) is 24.8 Å². The van der Waals surface area contributed by atoms with Gasteiger partial charge in [-0.25, -0.2) is 14.2 Å².